The Balaban J connectivity index is 1.24. The highest BCUT2D eigenvalue weighted by Gasteiger charge is 2.26. The SMILES string of the molecule is Brc1ccc(-c2cccc(-c3ccc4c(c3)-c3cccc5cccc(c35)N4c3ccc4c(c3)sc3ccccc34)c2)cc1. The summed E-state index contributed by atoms with van der Waals surface area (Å²) in [6.45, 7) is 0. The lowest BCUT2D eigenvalue weighted by Crippen LogP contribution is -2.15. The van der Waals surface area contributed by atoms with Gasteiger partial charge in [0.2, 0.25) is 0 Å². The molecule has 1 aromatic heterocycles. The first-order valence-corrected chi connectivity index (χ1v) is 16.1. The fraction of sp³-hybridized carbons (Fsp3) is 0. The molecule has 0 bridgehead atoms. The lowest BCUT2D eigenvalue weighted by atomic mass is 9.88. The van der Waals surface area contributed by atoms with Crippen molar-refractivity contribution in [3.63, 3.8) is 0 Å². The normalized spacial score (nSPS) is 12.3. The minimum atomic E-state index is 1.09. The molecule has 0 aliphatic carbocycles. The van der Waals surface area contributed by atoms with Gasteiger partial charge in [0.05, 0.1) is 11.4 Å². The zero-order chi connectivity index (χ0) is 28.5. The predicted octanol–water partition coefficient (Wildman–Crippen LogP) is 12.8. The van der Waals surface area contributed by atoms with E-state index in [2.05, 4.69) is 166 Å². The van der Waals surface area contributed by atoms with Crippen molar-refractivity contribution >= 4 is 75.3 Å². The van der Waals surface area contributed by atoms with Gasteiger partial charge in [0, 0.05) is 41.3 Å². The molecule has 0 saturated carbocycles. The van der Waals surface area contributed by atoms with Gasteiger partial charge in [0.1, 0.15) is 0 Å². The van der Waals surface area contributed by atoms with E-state index < -0.39 is 0 Å². The van der Waals surface area contributed by atoms with E-state index in [4.69, 9.17) is 0 Å². The first-order valence-electron chi connectivity index (χ1n) is 14.5. The molecule has 0 atom stereocenters. The predicted molar refractivity (Wildman–Crippen MR) is 189 cm³/mol. The number of anilines is 3. The summed E-state index contributed by atoms with van der Waals surface area (Å²) in [4.78, 5) is 2.45. The van der Waals surface area contributed by atoms with Crippen LogP contribution in [0.25, 0.3) is 64.3 Å². The summed E-state index contributed by atoms with van der Waals surface area (Å²) < 4.78 is 3.73. The number of hydrogen-bond acceptors (Lipinski definition) is 2. The van der Waals surface area contributed by atoms with Crippen LogP contribution in [0.3, 0.4) is 0 Å². The fourth-order valence-electron chi connectivity index (χ4n) is 6.64. The molecular formula is C40H24BrNS. The number of hydrogen-bond donors (Lipinski definition) is 0. The second-order valence-electron chi connectivity index (χ2n) is 11.1. The lowest BCUT2D eigenvalue weighted by molar-refractivity contribution is 1.29. The van der Waals surface area contributed by atoms with Gasteiger partial charge in [-0.05, 0) is 87.8 Å². The highest BCUT2D eigenvalue weighted by Crippen LogP contribution is 2.52. The van der Waals surface area contributed by atoms with Crippen molar-refractivity contribution < 1.29 is 0 Å². The Labute approximate surface area is 262 Å². The minimum absolute atomic E-state index is 1.09. The molecule has 8 aromatic rings. The maximum Gasteiger partial charge on any atom is 0.0546 e. The van der Waals surface area contributed by atoms with Crippen molar-refractivity contribution in [2.24, 2.45) is 0 Å². The molecule has 0 amide bonds. The second kappa shape index (κ2) is 9.67. The first-order chi connectivity index (χ1) is 21.2. The van der Waals surface area contributed by atoms with E-state index in [1.165, 1.54) is 81.4 Å². The van der Waals surface area contributed by atoms with E-state index >= 15 is 0 Å². The van der Waals surface area contributed by atoms with Crippen molar-refractivity contribution in [1.29, 1.82) is 0 Å². The Morgan fingerprint density at radius 2 is 1.19 bits per heavy atom. The van der Waals surface area contributed by atoms with Crippen molar-refractivity contribution in [1.82, 2.24) is 0 Å². The van der Waals surface area contributed by atoms with Crippen LogP contribution in [-0.2, 0) is 0 Å². The number of benzene rings is 7. The molecule has 3 heteroatoms. The molecule has 202 valence electrons. The third-order valence-electron chi connectivity index (χ3n) is 8.65. The number of nitrogens with zero attached hydrogens (tertiary/aromatic N) is 1. The van der Waals surface area contributed by atoms with Gasteiger partial charge in [-0.15, -0.1) is 11.3 Å². The monoisotopic (exact) mass is 629 g/mol. The molecule has 0 radical (unpaired) electrons. The molecule has 0 saturated heterocycles. The molecule has 0 unspecified atom stereocenters. The van der Waals surface area contributed by atoms with Crippen LogP contribution in [-0.4, -0.2) is 0 Å². The molecule has 1 aliphatic rings. The summed E-state index contributed by atoms with van der Waals surface area (Å²) in [6, 6.07) is 53.4. The average Bonchev–Trinajstić information content (AvgIpc) is 3.43. The van der Waals surface area contributed by atoms with Crippen LogP contribution in [0, 0.1) is 0 Å². The van der Waals surface area contributed by atoms with Crippen LogP contribution in [0.15, 0.2) is 150 Å². The van der Waals surface area contributed by atoms with Crippen molar-refractivity contribution in [2.45, 2.75) is 0 Å². The van der Waals surface area contributed by atoms with Crippen molar-refractivity contribution in [3.8, 4) is 33.4 Å². The van der Waals surface area contributed by atoms with Gasteiger partial charge < -0.3 is 4.90 Å². The highest BCUT2D eigenvalue weighted by atomic mass is 79.9. The first kappa shape index (κ1) is 24.9. The van der Waals surface area contributed by atoms with Crippen molar-refractivity contribution in [3.05, 3.63) is 150 Å². The smallest absolute Gasteiger partial charge is 0.0546 e. The summed E-state index contributed by atoms with van der Waals surface area (Å²) in [5.41, 5.74) is 11.0. The van der Waals surface area contributed by atoms with E-state index in [-0.39, 0.29) is 0 Å². The van der Waals surface area contributed by atoms with Gasteiger partial charge in [-0.25, -0.2) is 0 Å². The average molecular weight is 631 g/mol. The molecule has 0 spiro atoms. The van der Waals surface area contributed by atoms with E-state index in [0.29, 0.717) is 0 Å². The van der Waals surface area contributed by atoms with Gasteiger partial charge in [0.25, 0.3) is 0 Å². The Hall–Kier alpha value is -4.70. The molecule has 9 rings (SSSR count). The van der Waals surface area contributed by atoms with Crippen LogP contribution >= 0.6 is 27.3 Å². The maximum atomic E-state index is 3.57. The zero-order valence-corrected chi connectivity index (χ0v) is 25.5. The summed E-state index contributed by atoms with van der Waals surface area (Å²) in [6.07, 6.45) is 0. The molecule has 7 aromatic carbocycles. The topological polar surface area (TPSA) is 3.24 Å². The summed E-state index contributed by atoms with van der Waals surface area (Å²) in [5.74, 6) is 0. The van der Waals surface area contributed by atoms with Crippen LogP contribution in [0.2, 0.25) is 0 Å². The standard InChI is InChI=1S/C40H24BrNS/c41-30-17-14-25(15-18-30)27-8-3-9-28(22-27)29-16-21-36-35(23-29)34-11-4-6-26-7-5-12-37(40(26)34)42(36)31-19-20-33-32-10-1-2-13-38(32)43-39(33)24-31/h1-24H. The largest absolute Gasteiger partial charge is 0.309 e. The number of halogens is 1. The third kappa shape index (κ3) is 3.96. The highest BCUT2D eigenvalue weighted by molar-refractivity contribution is 9.10. The summed E-state index contributed by atoms with van der Waals surface area (Å²) >= 11 is 5.44. The Morgan fingerprint density at radius 3 is 2.07 bits per heavy atom. The van der Waals surface area contributed by atoms with Crippen molar-refractivity contribution in [2.75, 3.05) is 4.90 Å². The van der Waals surface area contributed by atoms with Crippen LogP contribution in [0.1, 0.15) is 0 Å². The van der Waals surface area contributed by atoms with E-state index in [9.17, 15) is 0 Å². The molecule has 43 heavy (non-hydrogen) atoms. The molecule has 1 nitrogen and oxygen atoms in total. The van der Waals surface area contributed by atoms with Gasteiger partial charge >= 0.3 is 0 Å². The quantitative estimate of drug-likeness (QED) is 0.188. The van der Waals surface area contributed by atoms with Gasteiger partial charge in [-0.3, -0.25) is 0 Å². The third-order valence-corrected chi connectivity index (χ3v) is 10.3. The van der Waals surface area contributed by atoms with E-state index in [0.717, 1.165) is 4.47 Å². The molecule has 1 aliphatic heterocycles. The second-order valence-corrected chi connectivity index (χ2v) is 13.1. The van der Waals surface area contributed by atoms with E-state index in [1.807, 2.05) is 11.3 Å². The van der Waals surface area contributed by atoms with Crippen LogP contribution < -0.4 is 4.90 Å². The summed E-state index contributed by atoms with van der Waals surface area (Å²) in [7, 11) is 0. The molecule has 0 N–H and O–H groups in total. The zero-order valence-electron chi connectivity index (χ0n) is 23.1. The van der Waals surface area contributed by atoms with Crippen LogP contribution in [0.5, 0.6) is 0 Å². The van der Waals surface area contributed by atoms with Gasteiger partial charge in [-0.1, -0.05) is 107 Å². The Morgan fingerprint density at radius 1 is 0.465 bits per heavy atom. The molecule has 0 fully saturated rings. The maximum absolute atomic E-state index is 3.57. The lowest BCUT2D eigenvalue weighted by Gasteiger charge is -2.34. The fourth-order valence-corrected chi connectivity index (χ4v) is 8.04. The molecule has 2 heterocycles. The number of rotatable bonds is 3. The Bertz CT molecular complexity index is 2360. The number of thiophene rings is 1. The van der Waals surface area contributed by atoms with Gasteiger partial charge in [-0.2, -0.15) is 0 Å². The van der Waals surface area contributed by atoms with Crippen LogP contribution in [0.4, 0.5) is 17.1 Å². The minimum Gasteiger partial charge on any atom is -0.309 e. The number of fused-ring (bicyclic) bond motifs is 5. The Kier molecular flexibility index (Phi) is 5.59. The van der Waals surface area contributed by atoms with E-state index in [1.54, 1.807) is 0 Å². The summed E-state index contributed by atoms with van der Waals surface area (Å²) in [5, 5.41) is 5.21. The molecular weight excluding hydrogens is 606 g/mol. The van der Waals surface area contributed by atoms with Gasteiger partial charge in [0.15, 0.2) is 0 Å².